The zero-order valence-electron chi connectivity index (χ0n) is 22.1. The smallest absolute Gasteiger partial charge is 0.255 e. The van der Waals surface area contributed by atoms with E-state index in [0.29, 0.717) is 50.1 Å². The van der Waals surface area contributed by atoms with E-state index in [1.807, 2.05) is 18.0 Å². The second-order valence-corrected chi connectivity index (χ2v) is 12.7. The van der Waals surface area contributed by atoms with Gasteiger partial charge in [-0.3, -0.25) is 14.5 Å². The molecule has 210 valence electrons. The van der Waals surface area contributed by atoms with E-state index in [9.17, 15) is 23.1 Å². The van der Waals surface area contributed by atoms with E-state index in [1.54, 1.807) is 36.4 Å². The number of fused-ring (bicyclic) bond motifs is 5. The lowest BCUT2D eigenvalue weighted by Gasteiger charge is -2.34. The molecule has 0 unspecified atom stereocenters. The van der Waals surface area contributed by atoms with Crippen molar-refractivity contribution >= 4 is 21.7 Å². The van der Waals surface area contributed by atoms with Crippen molar-refractivity contribution in [3.63, 3.8) is 0 Å². The van der Waals surface area contributed by atoms with Crippen molar-refractivity contribution in [2.75, 3.05) is 33.0 Å². The number of nitrogens with one attached hydrogen (secondary N) is 2. The second-order valence-electron chi connectivity index (χ2n) is 10.7. The van der Waals surface area contributed by atoms with Crippen LogP contribution in [0.1, 0.15) is 36.0 Å². The highest BCUT2D eigenvalue weighted by Gasteiger charge is 2.37. The Kier molecular flexibility index (Phi) is 7.95. The molecular weight excluding hydrogens is 522 g/mol. The van der Waals surface area contributed by atoms with Crippen LogP contribution in [0.25, 0.3) is 11.1 Å². The van der Waals surface area contributed by atoms with Crippen LogP contribution in [0.2, 0.25) is 0 Å². The molecule has 0 aliphatic carbocycles. The summed E-state index contributed by atoms with van der Waals surface area (Å²) in [6, 6.07) is 11.3. The van der Waals surface area contributed by atoms with Crippen LogP contribution in [0, 0.1) is 0 Å². The molecule has 4 bridgehead atoms. The Morgan fingerprint density at radius 1 is 1.03 bits per heavy atom. The predicted octanol–water partition coefficient (Wildman–Crippen LogP) is 1.37. The number of carbonyl (C=O) groups excluding carboxylic acids is 2. The molecule has 2 amide bonds. The summed E-state index contributed by atoms with van der Waals surface area (Å²) in [7, 11) is -1.46. The average molecular weight is 558 g/mol. The van der Waals surface area contributed by atoms with Gasteiger partial charge in [0.2, 0.25) is 5.91 Å². The first-order valence-electron chi connectivity index (χ1n) is 13.3. The number of rotatable bonds is 2. The Morgan fingerprint density at radius 3 is 2.51 bits per heavy atom. The van der Waals surface area contributed by atoms with Gasteiger partial charge in [0.25, 0.3) is 5.91 Å². The number of hydrogen-bond acceptors (Lipinski definition) is 8. The van der Waals surface area contributed by atoms with E-state index in [0.717, 1.165) is 11.1 Å². The number of amides is 2. The molecule has 5 rings (SSSR count). The Balaban J connectivity index is 1.43. The summed E-state index contributed by atoms with van der Waals surface area (Å²) in [6.07, 6.45) is 2.14. The fraction of sp³-hybridized carbons (Fsp3) is 0.500. The Labute approximate surface area is 228 Å². The monoisotopic (exact) mass is 557 g/mol. The molecule has 2 aromatic carbocycles. The van der Waals surface area contributed by atoms with Gasteiger partial charge >= 0.3 is 0 Å². The number of likely N-dealkylation sites (tertiary alicyclic amines) is 1. The Hall–Kier alpha value is -2.99. The van der Waals surface area contributed by atoms with Gasteiger partial charge in [-0.1, -0.05) is 18.2 Å². The average Bonchev–Trinajstić information content (AvgIpc) is 3.27. The molecule has 0 spiro atoms. The molecule has 11 heteroatoms. The van der Waals surface area contributed by atoms with Gasteiger partial charge in [-0.15, -0.1) is 0 Å². The number of carbonyl (C=O) groups is 2. The SMILES string of the molecule is CN1C[C@@H]2C[C@H]1C(=O)NC[C@H]1O[C@H](CCOc3cc(-c4ccc(S(C)(=O)=O)cc4)ccc3C(=O)N2)CC[C@@H]1O. The fourth-order valence-electron chi connectivity index (χ4n) is 5.54. The van der Waals surface area contributed by atoms with Crippen molar-refractivity contribution in [2.45, 2.75) is 61.0 Å². The van der Waals surface area contributed by atoms with E-state index in [-0.39, 0.29) is 35.4 Å². The number of ether oxygens (including phenoxy) is 2. The topological polar surface area (TPSA) is 134 Å². The molecular formula is C28H35N3O7S. The lowest BCUT2D eigenvalue weighted by atomic mass is 9.99. The van der Waals surface area contributed by atoms with Crippen LogP contribution < -0.4 is 15.4 Å². The summed E-state index contributed by atoms with van der Waals surface area (Å²) in [5.74, 6) is -0.0144. The molecule has 3 aliphatic rings. The Bertz CT molecular complexity index is 1330. The number of hydrogen-bond donors (Lipinski definition) is 3. The number of sulfone groups is 1. The van der Waals surface area contributed by atoms with Crippen molar-refractivity contribution in [1.29, 1.82) is 0 Å². The van der Waals surface area contributed by atoms with Crippen molar-refractivity contribution < 1.29 is 32.6 Å². The fourth-order valence-corrected chi connectivity index (χ4v) is 6.17. The van der Waals surface area contributed by atoms with Crippen LogP contribution in [0.5, 0.6) is 5.75 Å². The zero-order chi connectivity index (χ0) is 27.7. The maximum atomic E-state index is 13.4. The van der Waals surface area contributed by atoms with Crippen molar-refractivity contribution in [1.82, 2.24) is 15.5 Å². The third-order valence-corrected chi connectivity index (χ3v) is 8.91. The summed E-state index contributed by atoms with van der Waals surface area (Å²) >= 11 is 0. The van der Waals surface area contributed by atoms with Crippen LogP contribution in [0.3, 0.4) is 0 Å². The maximum Gasteiger partial charge on any atom is 0.255 e. The maximum absolute atomic E-state index is 13.4. The lowest BCUT2D eigenvalue weighted by molar-refractivity contribution is -0.133. The number of likely N-dealkylation sites (N-methyl/N-ethyl adjacent to an activating group) is 1. The summed E-state index contributed by atoms with van der Waals surface area (Å²) in [5, 5.41) is 16.4. The Morgan fingerprint density at radius 2 is 1.77 bits per heavy atom. The molecule has 3 N–H and O–H groups in total. The third kappa shape index (κ3) is 6.27. The highest BCUT2D eigenvalue weighted by molar-refractivity contribution is 7.90. The molecule has 2 aromatic rings. The largest absolute Gasteiger partial charge is 0.493 e. The van der Waals surface area contributed by atoms with Crippen LogP contribution >= 0.6 is 0 Å². The first-order chi connectivity index (χ1) is 18.6. The van der Waals surface area contributed by atoms with Crippen LogP contribution in [-0.2, 0) is 19.4 Å². The third-order valence-electron chi connectivity index (χ3n) is 7.78. The molecule has 0 radical (unpaired) electrons. The highest BCUT2D eigenvalue weighted by atomic mass is 32.2. The van der Waals surface area contributed by atoms with E-state index >= 15 is 0 Å². The molecule has 3 heterocycles. The van der Waals surface area contributed by atoms with Gasteiger partial charge in [-0.25, -0.2) is 8.42 Å². The molecule has 0 aromatic heterocycles. The molecule has 10 nitrogen and oxygen atoms in total. The molecule has 0 saturated carbocycles. The van der Waals surface area contributed by atoms with E-state index in [1.165, 1.54) is 6.26 Å². The van der Waals surface area contributed by atoms with Gasteiger partial charge in [0.1, 0.15) is 11.9 Å². The summed E-state index contributed by atoms with van der Waals surface area (Å²) in [6.45, 7) is 1.04. The quantitative estimate of drug-likeness (QED) is 0.504. The molecule has 2 saturated heterocycles. The molecule has 39 heavy (non-hydrogen) atoms. The summed E-state index contributed by atoms with van der Waals surface area (Å²) in [5.41, 5.74) is 1.96. The van der Waals surface area contributed by atoms with Crippen molar-refractivity contribution in [3.05, 3.63) is 48.0 Å². The van der Waals surface area contributed by atoms with E-state index in [2.05, 4.69) is 10.6 Å². The molecule has 2 fully saturated rings. The normalized spacial score (nSPS) is 28.6. The van der Waals surface area contributed by atoms with Crippen molar-refractivity contribution in [2.24, 2.45) is 0 Å². The van der Waals surface area contributed by atoms with Crippen LogP contribution in [-0.4, -0.2) is 93.6 Å². The first kappa shape index (κ1) is 27.6. The lowest BCUT2D eigenvalue weighted by Crippen LogP contribution is -2.49. The van der Waals surface area contributed by atoms with Crippen LogP contribution in [0.4, 0.5) is 0 Å². The second kappa shape index (κ2) is 11.2. The van der Waals surface area contributed by atoms with Gasteiger partial charge in [0.15, 0.2) is 9.84 Å². The molecule has 5 atom stereocenters. The predicted molar refractivity (Wildman–Crippen MR) is 144 cm³/mol. The van der Waals surface area contributed by atoms with Gasteiger partial charge in [0.05, 0.1) is 35.3 Å². The number of nitrogens with zero attached hydrogens (tertiary/aromatic N) is 1. The first-order valence-corrected chi connectivity index (χ1v) is 15.2. The number of aliphatic hydroxyl groups is 1. The highest BCUT2D eigenvalue weighted by Crippen LogP contribution is 2.30. The minimum Gasteiger partial charge on any atom is -0.493 e. The number of aliphatic hydroxyl groups excluding tert-OH is 1. The zero-order valence-corrected chi connectivity index (χ0v) is 22.9. The minimum absolute atomic E-state index is 0.144. The van der Waals surface area contributed by atoms with Crippen LogP contribution in [0.15, 0.2) is 47.4 Å². The van der Waals surface area contributed by atoms with E-state index in [4.69, 9.17) is 9.47 Å². The van der Waals surface area contributed by atoms with Gasteiger partial charge in [-0.05, 0) is 61.7 Å². The minimum atomic E-state index is -3.31. The number of benzene rings is 2. The summed E-state index contributed by atoms with van der Waals surface area (Å²) < 4.78 is 36.0. The van der Waals surface area contributed by atoms with E-state index < -0.39 is 28.1 Å². The van der Waals surface area contributed by atoms with Gasteiger partial charge < -0.3 is 25.2 Å². The van der Waals surface area contributed by atoms with Gasteiger partial charge in [0, 0.05) is 31.8 Å². The standard InChI is InChI=1S/C28H35N3O7S/c1-31-16-19-14-23(31)28(34)29-15-26-24(32)10-6-20(38-26)11-12-37-25-13-18(5-9-22(25)27(33)30-19)17-3-7-21(8-4-17)39(2,35)36/h3-5,7-9,13,19-20,23-24,26,32H,6,10-12,14-16H2,1-2H3,(H,29,34)(H,30,33)/t19-,20-,23-,24-,26+/m0/s1. The van der Waals surface area contributed by atoms with Gasteiger partial charge in [-0.2, -0.15) is 0 Å². The van der Waals surface area contributed by atoms with Crippen molar-refractivity contribution in [3.8, 4) is 16.9 Å². The molecule has 3 aliphatic heterocycles. The summed E-state index contributed by atoms with van der Waals surface area (Å²) in [4.78, 5) is 28.4.